The summed E-state index contributed by atoms with van der Waals surface area (Å²) in [6.45, 7) is 3.75. The molecule has 2 aromatic carbocycles. The lowest BCUT2D eigenvalue weighted by atomic mass is 10.1. The average molecular weight is 473 g/mol. The smallest absolute Gasteiger partial charge is 0.320 e. The Kier molecular flexibility index (Phi) is 8.49. The lowest BCUT2D eigenvalue weighted by Gasteiger charge is -2.11. The van der Waals surface area contributed by atoms with E-state index in [2.05, 4.69) is 10.1 Å². The molecule has 0 bridgehead atoms. The van der Waals surface area contributed by atoms with E-state index in [-0.39, 0.29) is 31.7 Å². The van der Waals surface area contributed by atoms with Crippen LogP contribution < -0.4 is 10.5 Å². The maximum atomic E-state index is 11.2. The van der Waals surface area contributed by atoms with E-state index >= 15 is 0 Å². The van der Waals surface area contributed by atoms with Crippen molar-refractivity contribution in [3.63, 3.8) is 0 Å². The van der Waals surface area contributed by atoms with E-state index in [1.807, 2.05) is 13.8 Å². The van der Waals surface area contributed by atoms with Crippen LogP contribution in [-0.4, -0.2) is 28.8 Å². The first-order valence-corrected chi connectivity index (χ1v) is 9.57. The fourth-order valence-corrected chi connectivity index (χ4v) is 3.00. The van der Waals surface area contributed by atoms with Crippen molar-refractivity contribution in [1.82, 2.24) is 10.1 Å². The van der Waals surface area contributed by atoms with Gasteiger partial charge >= 0.3 is 5.97 Å². The van der Waals surface area contributed by atoms with Gasteiger partial charge in [-0.15, -0.1) is 12.4 Å². The lowest BCUT2D eigenvalue weighted by Crippen LogP contribution is -2.16. The molecule has 0 aliphatic heterocycles. The van der Waals surface area contributed by atoms with Crippen molar-refractivity contribution < 1.29 is 18.8 Å². The first-order valence-electron chi connectivity index (χ1n) is 8.82. The molecule has 1 aromatic heterocycles. The fourth-order valence-electron chi connectivity index (χ4n) is 2.49. The number of nitrogens with zero attached hydrogens (tertiary/aromatic N) is 2. The summed E-state index contributed by atoms with van der Waals surface area (Å²) in [6.07, 6.45) is 0.0114. The minimum atomic E-state index is -0.489. The van der Waals surface area contributed by atoms with Crippen LogP contribution in [0.4, 0.5) is 0 Å². The van der Waals surface area contributed by atoms with Gasteiger partial charge in [0.15, 0.2) is 0 Å². The predicted molar refractivity (Wildman–Crippen MR) is 117 cm³/mol. The summed E-state index contributed by atoms with van der Waals surface area (Å²) in [5.74, 6) is 0.722. The third-order valence-corrected chi connectivity index (χ3v) is 4.42. The van der Waals surface area contributed by atoms with Crippen LogP contribution in [0, 0.1) is 0 Å². The van der Waals surface area contributed by atoms with E-state index in [0.29, 0.717) is 38.6 Å². The number of carbonyl (C=O) groups is 1. The molecule has 0 aliphatic carbocycles. The van der Waals surface area contributed by atoms with Crippen LogP contribution in [0.15, 0.2) is 40.9 Å². The van der Waals surface area contributed by atoms with Crippen molar-refractivity contribution in [2.75, 3.05) is 6.54 Å². The highest BCUT2D eigenvalue weighted by molar-refractivity contribution is 6.33. The van der Waals surface area contributed by atoms with Crippen molar-refractivity contribution in [3.8, 4) is 28.6 Å². The summed E-state index contributed by atoms with van der Waals surface area (Å²) >= 11 is 12.6. The zero-order chi connectivity index (χ0) is 21.0. The van der Waals surface area contributed by atoms with Gasteiger partial charge in [0.2, 0.25) is 5.82 Å². The molecule has 7 nitrogen and oxygen atoms in total. The Morgan fingerprint density at radius 3 is 2.57 bits per heavy atom. The zero-order valence-electron chi connectivity index (χ0n) is 16.2. The van der Waals surface area contributed by atoms with Crippen LogP contribution in [0.25, 0.3) is 22.8 Å². The van der Waals surface area contributed by atoms with Crippen molar-refractivity contribution in [2.24, 2.45) is 5.73 Å². The molecule has 10 heteroatoms. The van der Waals surface area contributed by atoms with Crippen LogP contribution in [0.3, 0.4) is 0 Å². The third-order valence-electron chi connectivity index (χ3n) is 3.81. The minimum absolute atomic E-state index is 0. The summed E-state index contributed by atoms with van der Waals surface area (Å²) in [7, 11) is 0. The molecule has 3 rings (SSSR count). The molecule has 160 valence electrons. The minimum Gasteiger partial charge on any atom is -0.489 e. The number of hydrogen-bond acceptors (Lipinski definition) is 7. The molecule has 0 atom stereocenters. The number of halogens is 3. The second-order valence-electron chi connectivity index (χ2n) is 6.41. The number of carbonyl (C=O) groups excluding carboxylic acids is 1. The summed E-state index contributed by atoms with van der Waals surface area (Å²) < 4.78 is 16.0. The van der Waals surface area contributed by atoms with E-state index in [4.69, 9.17) is 42.9 Å². The topological polar surface area (TPSA) is 100 Å². The van der Waals surface area contributed by atoms with Gasteiger partial charge in [-0.05, 0) is 49.7 Å². The second-order valence-corrected chi connectivity index (χ2v) is 7.23. The van der Waals surface area contributed by atoms with Gasteiger partial charge in [-0.25, -0.2) is 0 Å². The van der Waals surface area contributed by atoms with E-state index in [1.54, 1.807) is 36.4 Å². The van der Waals surface area contributed by atoms with Crippen LogP contribution in [0.5, 0.6) is 5.75 Å². The third kappa shape index (κ3) is 5.86. The molecular weight excluding hydrogens is 453 g/mol. The Morgan fingerprint density at radius 2 is 1.93 bits per heavy atom. The maximum absolute atomic E-state index is 11.2. The van der Waals surface area contributed by atoms with Crippen molar-refractivity contribution >= 4 is 41.6 Å². The molecule has 0 aliphatic rings. The normalized spacial score (nSPS) is 10.6. The number of aromatic nitrogens is 2. The monoisotopic (exact) mass is 471 g/mol. The Balaban J connectivity index is 0.00000320. The molecule has 2 N–H and O–H groups in total. The summed E-state index contributed by atoms with van der Waals surface area (Å²) in [5, 5.41) is 4.84. The molecule has 1 heterocycles. The van der Waals surface area contributed by atoms with Crippen LogP contribution in [0.1, 0.15) is 19.4 Å². The molecule has 0 fully saturated rings. The molecule has 3 aromatic rings. The van der Waals surface area contributed by atoms with Gasteiger partial charge in [0.25, 0.3) is 5.89 Å². The quantitative estimate of drug-likeness (QED) is 0.487. The number of hydrogen-bond donors (Lipinski definition) is 1. The molecule has 0 radical (unpaired) electrons. The highest BCUT2D eigenvalue weighted by atomic mass is 35.5. The zero-order valence-corrected chi connectivity index (χ0v) is 18.6. The number of nitrogens with two attached hydrogens (primary N) is 1. The van der Waals surface area contributed by atoms with Gasteiger partial charge in [-0.3, -0.25) is 4.79 Å². The van der Waals surface area contributed by atoms with Crippen LogP contribution >= 0.6 is 35.6 Å². The predicted octanol–water partition coefficient (Wildman–Crippen LogP) is 4.92. The highest BCUT2D eigenvalue weighted by Crippen LogP contribution is 2.32. The summed E-state index contributed by atoms with van der Waals surface area (Å²) in [6, 6.07) is 10.4. The molecule has 0 amide bonds. The van der Waals surface area contributed by atoms with E-state index in [0.717, 1.165) is 5.56 Å². The van der Waals surface area contributed by atoms with E-state index < -0.39 is 5.97 Å². The highest BCUT2D eigenvalue weighted by Gasteiger charge is 2.15. The molecule has 0 saturated carbocycles. The van der Waals surface area contributed by atoms with Gasteiger partial charge in [-0.1, -0.05) is 34.4 Å². The van der Waals surface area contributed by atoms with Gasteiger partial charge in [0.1, 0.15) is 12.4 Å². The van der Waals surface area contributed by atoms with Gasteiger partial charge < -0.3 is 19.7 Å². The second kappa shape index (κ2) is 10.6. The van der Waals surface area contributed by atoms with Crippen molar-refractivity contribution in [3.05, 3.63) is 52.0 Å². The van der Waals surface area contributed by atoms with E-state index in [1.165, 1.54) is 0 Å². The Morgan fingerprint density at radius 1 is 1.17 bits per heavy atom. The van der Waals surface area contributed by atoms with Crippen molar-refractivity contribution in [1.29, 1.82) is 0 Å². The van der Waals surface area contributed by atoms with Gasteiger partial charge in [-0.2, -0.15) is 4.98 Å². The number of rotatable bonds is 7. The average Bonchev–Trinajstić information content (AvgIpc) is 3.17. The first kappa shape index (κ1) is 24.0. The van der Waals surface area contributed by atoms with Crippen LogP contribution in [0.2, 0.25) is 10.0 Å². The molecule has 0 saturated heterocycles. The van der Waals surface area contributed by atoms with Crippen LogP contribution in [-0.2, 0) is 16.1 Å². The largest absolute Gasteiger partial charge is 0.489 e. The van der Waals surface area contributed by atoms with Gasteiger partial charge in [0, 0.05) is 11.1 Å². The molecular formula is C20H20Cl3N3O4. The standard InChI is InChI=1S/C20H19Cl2N3O4.ClH/c1-11(2)28-17-6-4-13(8-16(17)22)20-24-19(25-29-20)14-5-3-12(7-15(14)21)10-27-18(26)9-23;/h3-8,11H,9-10,23H2,1-2H3;1H. The first-order chi connectivity index (χ1) is 13.9. The molecule has 0 spiro atoms. The number of esters is 1. The number of ether oxygens (including phenoxy) is 2. The Labute approximate surface area is 189 Å². The SMILES string of the molecule is CC(C)Oc1ccc(-c2nc(-c3ccc(COC(=O)CN)cc3Cl)no2)cc1Cl.Cl. The van der Waals surface area contributed by atoms with Gasteiger partial charge in [0.05, 0.1) is 22.7 Å². The van der Waals surface area contributed by atoms with E-state index in [9.17, 15) is 4.79 Å². The molecule has 30 heavy (non-hydrogen) atoms. The lowest BCUT2D eigenvalue weighted by molar-refractivity contribution is -0.143. The fraction of sp³-hybridized carbons (Fsp3) is 0.250. The Hall–Kier alpha value is -2.32. The van der Waals surface area contributed by atoms with Crippen molar-refractivity contribution in [2.45, 2.75) is 26.6 Å². The maximum Gasteiger partial charge on any atom is 0.320 e. The molecule has 0 unspecified atom stereocenters. The number of benzene rings is 2. The summed E-state index contributed by atoms with van der Waals surface area (Å²) in [5.41, 5.74) is 7.17. The Bertz CT molecular complexity index is 1020. The summed E-state index contributed by atoms with van der Waals surface area (Å²) in [4.78, 5) is 15.6.